The summed E-state index contributed by atoms with van der Waals surface area (Å²) in [5, 5.41) is 0. The second-order valence-electron chi connectivity index (χ2n) is 6.80. The van der Waals surface area contributed by atoms with Crippen LogP contribution in [-0.2, 0) is 14.8 Å². The third-order valence-corrected chi connectivity index (χ3v) is 5.68. The molecule has 11 heteroatoms. The lowest BCUT2D eigenvalue weighted by atomic mass is 10.2. The van der Waals surface area contributed by atoms with Gasteiger partial charge in [-0.15, -0.1) is 0 Å². The zero-order valence-corrected chi connectivity index (χ0v) is 18.0. The van der Waals surface area contributed by atoms with E-state index in [0.717, 1.165) is 18.2 Å². The van der Waals surface area contributed by atoms with Gasteiger partial charge in [0.25, 0.3) is 21.8 Å². The molecule has 0 bridgehead atoms. The minimum atomic E-state index is -4.05. The maximum atomic E-state index is 13.0. The highest BCUT2D eigenvalue weighted by atomic mass is 32.2. The Kier molecular flexibility index (Phi) is 7.23. The molecular weight excluding hydrogens is 456 g/mol. The Morgan fingerprint density at radius 2 is 1.48 bits per heavy atom. The van der Waals surface area contributed by atoms with Crippen molar-refractivity contribution < 1.29 is 31.5 Å². The number of halogens is 2. The van der Waals surface area contributed by atoms with E-state index in [2.05, 4.69) is 15.6 Å². The molecule has 0 saturated carbocycles. The molecule has 172 valence electrons. The van der Waals surface area contributed by atoms with E-state index >= 15 is 0 Å². The molecule has 0 aliphatic rings. The van der Waals surface area contributed by atoms with Gasteiger partial charge in [-0.2, -0.15) is 0 Å². The predicted molar refractivity (Wildman–Crippen MR) is 116 cm³/mol. The summed E-state index contributed by atoms with van der Waals surface area (Å²) in [5.41, 5.74) is 4.46. The summed E-state index contributed by atoms with van der Waals surface area (Å²) in [6.45, 7) is 1.43. The SMILES string of the molecule is CC(Oc1ccc(F)cc1)C(=O)NNC(=O)c1cccc(S(=O)(=O)Nc2ccc(F)cc2)c1. The van der Waals surface area contributed by atoms with Gasteiger partial charge in [0.2, 0.25) is 0 Å². The molecule has 3 aromatic carbocycles. The minimum absolute atomic E-state index is 0.0376. The van der Waals surface area contributed by atoms with E-state index in [0.29, 0.717) is 0 Å². The van der Waals surface area contributed by atoms with Crippen LogP contribution in [0.2, 0.25) is 0 Å². The van der Waals surface area contributed by atoms with Crippen molar-refractivity contribution in [2.75, 3.05) is 4.72 Å². The summed E-state index contributed by atoms with van der Waals surface area (Å²) < 4.78 is 58.7. The van der Waals surface area contributed by atoms with Gasteiger partial charge in [-0.1, -0.05) is 6.07 Å². The second-order valence-corrected chi connectivity index (χ2v) is 8.48. The van der Waals surface area contributed by atoms with Crippen molar-refractivity contribution in [2.24, 2.45) is 0 Å². The zero-order valence-electron chi connectivity index (χ0n) is 17.2. The maximum absolute atomic E-state index is 13.0. The minimum Gasteiger partial charge on any atom is -0.481 e. The number of sulfonamides is 1. The number of ether oxygens (including phenoxy) is 1. The molecule has 2 amide bonds. The number of carbonyl (C=O) groups is 2. The topological polar surface area (TPSA) is 114 Å². The van der Waals surface area contributed by atoms with Crippen molar-refractivity contribution in [3.05, 3.63) is 90.0 Å². The van der Waals surface area contributed by atoms with Gasteiger partial charge in [-0.25, -0.2) is 17.2 Å². The van der Waals surface area contributed by atoms with E-state index in [1.54, 1.807) is 0 Å². The lowest BCUT2D eigenvalue weighted by molar-refractivity contribution is -0.128. The number of hydrazine groups is 1. The van der Waals surface area contributed by atoms with Crippen LogP contribution in [0.15, 0.2) is 77.7 Å². The number of nitrogens with one attached hydrogen (secondary N) is 3. The molecule has 0 aliphatic heterocycles. The van der Waals surface area contributed by atoms with Crippen LogP contribution in [0.25, 0.3) is 0 Å². The molecule has 0 radical (unpaired) electrons. The number of hydrogen-bond acceptors (Lipinski definition) is 5. The van der Waals surface area contributed by atoms with Crippen LogP contribution in [0.5, 0.6) is 5.75 Å². The van der Waals surface area contributed by atoms with Crippen molar-refractivity contribution in [1.82, 2.24) is 10.9 Å². The van der Waals surface area contributed by atoms with Gasteiger partial charge in [0.05, 0.1) is 4.90 Å². The summed E-state index contributed by atoms with van der Waals surface area (Å²) in [4.78, 5) is 24.3. The van der Waals surface area contributed by atoms with Crippen LogP contribution in [0.3, 0.4) is 0 Å². The first-order valence-corrected chi connectivity index (χ1v) is 11.0. The van der Waals surface area contributed by atoms with Gasteiger partial charge >= 0.3 is 0 Å². The molecule has 33 heavy (non-hydrogen) atoms. The lowest BCUT2D eigenvalue weighted by Crippen LogP contribution is -2.47. The van der Waals surface area contributed by atoms with Crippen molar-refractivity contribution in [3.8, 4) is 5.75 Å². The van der Waals surface area contributed by atoms with E-state index in [-0.39, 0.29) is 21.9 Å². The van der Waals surface area contributed by atoms with Crippen molar-refractivity contribution >= 4 is 27.5 Å². The molecule has 3 rings (SSSR count). The Balaban J connectivity index is 1.61. The highest BCUT2D eigenvalue weighted by Crippen LogP contribution is 2.18. The molecule has 1 atom stereocenters. The van der Waals surface area contributed by atoms with Crippen LogP contribution in [0, 0.1) is 11.6 Å². The average molecular weight is 475 g/mol. The highest BCUT2D eigenvalue weighted by Gasteiger charge is 2.19. The Labute approximate surface area is 188 Å². The van der Waals surface area contributed by atoms with Crippen LogP contribution in [0.1, 0.15) is 17.3 Å². The third-order valence-electron chi connectivity index (χ3n) is 4.30. The molecule has 3 N–H and O–H groups in total. The van der Waals surface area contributed by atoms with Gasteiger partial charge in [-0.3, -0.25) is 25.2 Å². The van der Waals surface area contributed by atoms with Crippen LogP contribution >= 0.6 is 0 Å². The standard InChI is InChI=1S/C22H19F2N3O5S/c1-14(32-19-11-7-17(24)8-12-19)21(28)25-26-22(29)15-3-2-4-20(13-15)33(30,31)27-18-9-5-16(23)6-10-18/h2-14,27H,1H3,(H,25,28)(H,26,29). The lowest BCUT2D eigenvalue weighted by Gasteiger charge is -2.15. The molecule has 0 fully saturated rings. The molecule has 0 saturated heterocycles. The van der Waals surface area contributed by atoms with Gasteiger partial charge in [0.15, 0.2) is 6.10 Å². The quantitative estimate of drug-likeness (QED) is 0.455. The van der Waals surface area contributed by atoms with Crippen molar-refractivity contribution in [2.45, 2.75) is 17.9 Å². The highest BCUT2D eigenvalue weighted by molar-refractivity contribution is 7.92. The number of anilines is 1. The molecule has 1 unspecified atom stereocenters. The van der Waals surface area contributed by atoms with E-state index in [1.165, 1.54) is 61.5 Å². The van der Waals surface area contributed by atoms with E-state index in [1.807, 2.05) is 0 Å². The molecule has 3 aromatic rings. The largest absolute Gasteiger partial charge is 0.481 e. The number of amides is 2. The molecule has 0 heterocycles. The fraction of sp³-hybridized carbons (Fsp3) is 0.0909. The smallest absolute Gasteiger partial charge is 0.279 e. The molecule has 0 spiro atoms. The summed E-state index contributed by atoms with van der Waals surface area (Å²) in [6.07, 6.45) is -1.01. The normalized spacial score (nSPS) is 11.8. The van der Waals surface area contributed by atoms with Gasteiger partial charge in [0.1, 0.15) is 17.4 Å². The third kappa shape index (κ3) is 6.50. The number of benzene rings is 3. The maximum Gasteiger partial charge on any atom is 0.279 e. The molecule has 8 nitrogen and oxygen atoms in total. The summed E-state index contributed by atoms with van der Waals surface area (Å²) in [7, 11) is -4.05. The van der Waals surface area contributed by atoms with Crippen molar-refractivity contribution in [3.63, 3.8) is 0 Å². The Morgan fingerprint density at radius 1 is 0.879 bits per heavy atom. The van der Waals surface area contributed by atoms with Gasteiger partial charge in [0, 0.05) is 11.3 Å². The van der Waals surface area contributed by atoms with E-state index in [9.17, 15) is 26.8 Å². The second kappa shape index (κ2) is 10.1. The zero-order chi connectivity index (χ0) is 24.0. The first-order chi connectivity index (χ1) is 15.6. The van der Waals surface area contributed by atoms with E-state index < -0.39 is 39.6 Å². The summed E-state index contributed by atoms with van der Waals surface area (Å²) in [5.74, 6) is -2.16. The number of carbonyl (C=O) groups excluding carboxylic acids is 2. The first kappa shape index (κ1) is 23.7. The monoisotopic (exact) mass is 475 g/mol. The van der Waals surface area contributed by atoms with Crippen LogP contribution < -0.4 is 20.3 Å². The predicted octanol–water partition coefficient (Wildman–Crippen LogP) is 2.99. The van der Waals surface area contributed by atoms with Crippen LogP contribution in [0.4, 0.5) is 14.5 Å². The van der Waals surface area contributed by atoms with Crippen molar-refractivity contribution in [1.29, 1.82) is 0 Å². The molecule has 0 aromatic heterocycles. The number of hydrogen-bond donors (Lipinski definition) is 3. The van der Waals surface area contributed by atoms with Gasteiger partial charge in [-0.05, 0) is 73.7 Å². The average Bonchev–Trinajstić information content (AvgIpc) is 2.80. The number of rotatable bonds is 7. The Morgan fingerprint density at radius 3 is 2.12 bits per heavy atom. The summed E-state index contributed by atoms with van der Waals surface area (Å²) >= 11 is 0. The van der Waals surface area contributed by atoms with Gasteiger partial charge < -0.3 is 4.74 Å². The van der Waals surface area contributed by atoms with E-state index in [4.69, 9.17) is 4.74 Å². The Hall–Kier alpha value is -3.99. The fourth-order valence-electron chi connectivity index (χ4n) is 2.60. The Bertz CT molecular complexity index is 1250. The van der Waals surface area contributed by atoms with Crippen LogP contribution in [-0.4, -0.2) is 26.3 Å². The fourth-order valence-corrected chi connectivity index (χ4v) is 3.70. The first-order valence-electron chi connectivity index (χ1n) is 9.55. The molecule has 0 aliphatic carbocycles. The molecular formula is C22H19F2N3O5S. The summed E-state index contributed by atoms with van der Waals surface area (Å²) in [6, 6.07) is 14.9.